The van der Waals surface area contributed by atoms with Crippen molar-refractivity contribution in [2.24, 2.45) is 0 Å². The van der Waals surface area contributed by atoms with E-state index >= 15 is 0 Å². The number of benzene rings is 1. The highest BCUT2D eigenvalue weighted by atomic mass is 35.5. The molecule has 0 heterocycles. The van der Waals surface area contributed by atoms with Crippen molar-refractivity contribution in [1.29, 1.82) is 0 Å². The third-order valence-electron chi connectivity index (χ3n) is 2.32. The van der Waals surface area contributed by atoms with E-state index in [2.05, 4.69) is 4.74 Å². The smallest absolute Gasteiger partial charge is 0.393 e. The van der Waals surface area contributed by atoms with Gasteiger partial charge in [-0.3, -0.25) is 0 Å². The average molecular weight is 301 g/mol. The summed E-state index contributed by atoms with van der Waals surface area (Å²) in [5.74, 6) is -0.514. The minimum absolute atomic E-state index is 0.0119. The van der Waals surface area contributed by atoms with Gasteiger partial charge in [0.2, 0.25) is 0 Å². The molecule has 1 N–H and O–H groups in total. The Hall–Kier alpha value is -0.850. The Balaban J connectivity index is 2.35. The lowest BCUT2D eigenvalue weighted by atomic mass is 10.1. The maximum Gasteiger partial charge on any atom is 0.411 e. The molecule has 1 aromatic rings. The summed E-state index contributed by atoms with van der Waals surface area (Å²) in [6, 6.07) is 3.92. The lowest BCUT2D eigenvalue weighted by molar-refractivity contribution is -0.175. The number of halogens is 5. The van der Waals surface area contributed by atoms with Gasteiger partial charge in [0.25, 0.3) is 0 Å². The van der Waals surface area contributed by atoms with Crippen molar-refractivity contribution in [2.45, 2.75) is 25.1 Å². The predicted molar refractivity (Wildman–Crippen MR) is 62.6 cm³/mol. The van der Waals surface area contributed by atoms with Gasteiger partial charge in [0.05, 0.1) is 6.10 Å². The van der Waals surface area contributed by atoms with E-state index in [0.29, 0.717) is 5.02 Å². The minimum atomic E-state index is -4.38. The van der Waals surface area contributed by atoms with E-state index < -0.39 is 24.7 Å². The Morgan fingerprint density at radius 1 is 1.32 bits per heavy atom. The summed E-state index contributed by atoms with van der Waals surface area (Å²) in [6.45, 7) is -1.60. The summed E-state index contributed by atoms with van der Waals surface area (Å²) in [4.78, 5) is 0. The molecule has 19 heavy (non-hydrogen) atoms. The van der Waals surface area contributed by atoms with Gasteiger partial charge >= 0.3 is 6.18 Å². The first-order valence-electron chi connectivity index (χ1n) is 5.54. The Morgan fingerprint density at radius 3 is 2.63 bits per heavy atom. The van der Waals surface area contributed by atoms with Crippen molar-refractivity contribution in [3.8, 4) is 0 Å². The van der Waals surface area contributed by atoms with Gasteiger partial charge in [-0.2, -0.15) is 13.2 Å². The van der Waals surface area contributed by atoms with Gasteiger partial charge in [-0.1, -0.05) is 11.6 Å². The average Bonchev–Trinajstić information content (AvgIpc) is 2.28. The molecule has 0 fully saturated rings. The second-order valence-corrected chi connectivity index (χ2v) is 4.49. The lowest BCUT2D eigenvalue weighted by Gasteiger charge is -2.12. The number of alkyl halides is 3. The molecule has 1 rings (SSSR count). The molecule has 108 valence electrons. The molecule has 0 aliphatic carbocycles. The fourth-order valence-corrected chi connectivity index (χ4v) is 1.66. The molecule has 1 atom stereocenters. The first-order chi connectivity index (χ1) is 8.78. The van der Waals surface area contributed by atoms with Crippen LogP contribution in [0, 0.1) is 5.82 Å². The molecule has 0 amide bonds. The Labute approximate surface area is 112 Å². The van der Waals surface area contributed by atoms with Crippen LogP contribution >= 0.6 is 11.6 Å². The zero-order chi connectivity index (χ0) is 14.5. The molecule has 0 saturated carbocycles. The van der Waals surface area contributed by atoms with Gasteiger partial charge in [0.15, 0.2) is 0 Å². The molecule has 7 heteroatoms. The van der Waals surface area contributed by atoms with Gasteiger partial charge in [-0.15, -0.1) is 0 Å². The standard InChI is InChI=1S/C12H13ClF4O2/c13-9-1-2-11(14)8(5-9)6-10(18)3-4-19-7-12(15,16)17/h1-2,5,10,18H,3-4,6-7H2. The highest BCUT2D eigenvalue weighted by Crippen LogP contribution is 2.18. The largest absolute Gasteiger partial charge is 0.411 e. The van der Waals surface area contributed by atoms with E-state index in [1.165, 1.54) is 18.2 Å². The topological polar surface area (TPSA) is 29.5 Å². The van der Waals surface area contributed by atoms with Crippen LogP contribution in [-0.4, -0.2) is 30.6 Å². The monoisotopic (exact) mass is 300 g/mol. The number of aliphatic hydroxyl groups excluding tert-OH is 1. The summed E-state index contributed by atoms with van der Waals surface area (Å²) < 4.78 is 53.0. The molecule has 0 radical (unpaired) electrons. The van der Waals surface area contributed by atoms with E-state index in [1.807, 2.05) is 0 Å². The number of hydrogen-bond donors (Lipinski definition) is 1. The van der Waals surface area contributed by atoms with Crippen molar-refractivity contribution in [3.05, 3.63) is 34.6 Å². The van der Waals surface area contributed by atoms with Crippen molar-refractivity contribution < 1.29 is 27.4 Å². The van der Waals surface area contributed by atoms with E-state index in [0.717, 1.165) is 0 Å². The van der Waals surface area contributed by atoms with Crippen LogP contribution in [0.4, 0.5) is 17.6 Å². The third-order valence-corrected chi connectivity index (χ3v) is 2.56. The van der Waals surface area contributed by atoms with Gasteiger partial charge in [0, 0.05) is 18.1 Å². The van der Waals surface area contributed by atoms with Crippen molar-refractivity contribution in [2.75, 3.05) is 13.2 Å². The number of aliphatic hydroxyl groups is 1. The highest BCUT2D eigenvalue weighted by Gasteiger charge is 2.27. The molecule has 1 unspecified atom stereocenters. The molecule has 0 aromatic heterocycles. The van der Waals surface area contributed by atoms with Crippen LogP contribution in [0.2, 0.25) is 5.02 Å². The van der Waals surface area contributed by atoms with E-state index in [9.17, 15) is 22.7 Å². The minimum Gasteiger partial charge on any atom is -0.393 e. The maximum atomic E-state index is 13.3. The number of hydrogen-bond acceptors (Lipinski definition) is 2. The van der Waals surface area contributed by atoms with Gasteiger partial charge in [-0.05, 0) is 30.2 Å². The van der Waals surface area contributed by atoms with Crippen LogP contribution in [0.25, 0.3) is 0 Å². The van der Waals surface area contributed by atoms with Crippen LogP contribution in [-0.2, 0) is 11.2 Å². The molecule has 0 bridgehead atoms. The Bertz CT molecular complexity index is 409. The summed E-state index contributed by atoms with van der Waals surface area (Å²) in [7, 11) is 0. The lowest BCUT2D eigenvalue weighted by Crippen LogP contribution is -2.20. The summed E-state index contributed by atoms with van der Waals surface area (Å²) in [5, 5.41) is 9.91. The van der Waals surface area contributed by atoms with E-state index in [4.69, 9.17) is 11.6 Å². The summed E-state index contributed by atoms with van der Waals surface area (Å²) in [6.07, 6.45) is -5.41. The van der Waals surface area contributed by atoms with Crippen molar-refractivity contribution in [1.82, 2.24) is 0 Å². The Morgan fingerprint density at radius 2 is 2.00 bits per heavy atom. The fraction of sp³-hybridized carbons (Fsp3) is 0.500. The SMILES string of the molecule is OC(CCOCC(F)(F)F)Cc1cc(Cl)ccc1F. The van der Waals surface area contributed by atoms with E-state index in [-0.39, 0.29) is 25.0 Å². The highest BCUT2D eigenvalue weighted by molar-refractivity contribution is 6.30. The van der Waals surface area contributed by atoms with Crippen LogP contribution in [0.3, 0.4) is 0 Å². The van der Waals surface area contributed by atoms with Gasteiger partial charge < -0.3 is 9.84 Å². The number of ether oxygens (including phenoxy) is 1. The molecule has 1 aromatic carbocycles. The van der Waals surface area contributed by atoms with Gasteiger partial charge in [-0.25, -0.2) is 4.39 Å². The van der Waals surface area contributed by atoms with Crippen molar-refractivity contribution >= 4 is 11.6 Å². The molecule has 0 spiro atoms. The predicted octanol–water partition coefficient (Wildman–Crippen LogP) is 3.35. The first kappa shape index (κ1) is 16.2. The van der Waals surface area contributed by atoms with Gasteiger partial charge in [0.1, 0.15) is 12.4 Å². The first-order valence-corrected chi connectivity index (χ1v) is 5.92. The molecular formula is C12H13ClF4O2. The van der Waals surface area contributed by atoms with Crippen LogP contribution in [0.1, 0.15) is 12.0 Å². The quantitative estimate of drug-likeness (QED) is 0.645. The van der Waals surface area contributed by atoms with Crippen molar-refractivity contribution in [3.63, 3.8) is 0 Å². The fourth-order valence-electron chi connectivity index (χ4n) is 1.46. The molecular weight excluding hydrogens is 288 g/mol. The molecule has 0 aliphatic rings. The maximum absolute atomic E-state index is 13.3. The normalized spacial score (nSPS) is 13.6. The van der Waals surface area contributed by atoms with E-state index in [1.54, 1.807) is 0 Å². The second-order valence-electron chi connectivity index (χ2n) is 4.05. The summed E-state index contributed by atoms with van der Waals surface area (Å²) in [5.41, 5.74) is 0.218. The summed E-state index contributed by atoms with van der Waals surface area (Å²) >= 11 is 5.68. The zero-order valence-electron chi connectivity index (χ0n) is 9.88. The Kier molecular flexibility index (Phi) is 6.03. The van der Waals surface area contributed by atoms with Crippen LogP contribution in [0.15, 0.2) is 18.2 Å². The molecule has 2 nitrogen and oxygen atoms in total. The number of rotatable bonds is 6. The van der Waals surface area contributed by atoms with Crippen LogP contribution in [0.5, 0.6) is 0 Å². The zero-order valence-corrected chi connectivity index (χ0v) is 10.6. The molecule has 0 aliphatic heterocycles. The third kappa shape index (κ3) is 6.75. The second kappa shape index (κ2) is 7.07. The van der Waals surface area contributed by atoms with Crippen LogP contribution < -0.4 is 0 Å². The molecule has 0 saturated heterocycles.